The molecule has 0 aliphatic carbocycles. The van der Waals surface area contributed by atoms with E-state index in [1.54, 1.807) is 0 Å². The maximum Gasteiger partial charge on any atom is 0.434 e. The highest BCUT2D eigenvalue weighted by Gasteiger charge is 2.33. The second-order valence-electron chi connectivity index (χ2n) is 7.50. The summed E-state index contributed by atoms with van der Waals surface area (Å²) in [6.07, 6.45) is -2.43. The molecular formula is C21H29F3IN5S. The van der Waals surface area contributed by atoms with Crippen LogP contribution in [0.3, 0.4) is 0 Å². The van der Waals surface area contributed by atoms with Crippen LogP contribution >= 0.6 is 35.3 Å². The van der Waals surface area contributed by atoms with E-state index in [0.29, 0.717) is 23.6 Å². The van der Waals surface area contributed by atoms with Crippen molar-refractivity contribution in [2.24, 2.45) is 4.99 Å². The quantitative estimate of drug-likeness (QED) is 0.299. The summed E-state index contributed by atoms with van der Waals surface area (Å²) in [5, 5.41) is 7.99. The van der Waals surface area contributed by atoms with E-state index in [0.717, 1.165) is 49.2 Å². The van der Waals surface area contributed by atoms with E-state index in [1.807, 2.05) is 6.92 Å². The summed E-state index contributed by atoms with van der Waals surface area (Å²) in [4.78, 5) is 10.5. The fourth-order valence-electron chi connectivity index (χ4n) is 3.48. The molecule has 1 aliphatic rings. The van der Waals surface area contributed by atoms with E-state index < -0.39 is 11.9 Å². The smallest absolute Gasteiger partial charge is 0.357 e. The lowest BCUT2D eigenvalue weighted by Crippen LogP contribution is -2.48. The SMILES string of the molecule is CCNC(=NCc1nc(C(F)(F)F)cs1)NC1CCN(Cc2cccc(C)c2)CC1.I. The van der Waals surface area contributed by atoms with Crippen LogP contribution in [-0.4, -0.2) is 41.5 Å². The zero-order valence-corrected chi connectivity index (χ0v) is 20.9. The number of nitrogens with one attached hydrogen (secondary N) is 2. The molecule has 1 aromatic carbocycles. The van der Waals surface area contributed by atoms with Crippen LogP contribution in [0.5, 0.6) is 0 Å². The van der Waals surface area contributed by atoms with Crippen LogP contribution in [0, 0.1) is 6.92 Å². The molecule has 5 nitrogen and oxygen atoms in total. The molecule has 1 saturated heterocycles. The van der Waals surface area contributed by atoms with E-state index in [1.165, 1.54) is 11.1 Å². The van der Waals surface area contributed by atoms with Crippen LogP contribution in [0.2, 0.25) is 0 Å². The van der Waals surface area contributed by atoms with Gasteiger partial charge < -0.3 is 10.6 Å². The van der Waals surface area contributed by atoms with Crippen molar-refractivity contribution < 1.29 is 13.2 Å². The molecule has 1 aliphatic heterocycles. The molecule has 2 heterocycles. The number of aryl methyl sites for hydroxylation is 1. The van der Waals surface area contributed by atoms with Gasteiger partial charge >= 0.3 is 6.18 Å². The average Bonchev–Trinajstić information content (AvgIpc) is 3.17. The molecular weight excluding hydrogens is 538 g/mol. The topological polar surface area (TPSA) is 52.6 Å². The van der Waals surface area contributed by atoms with Crippen molar-refractivity contribution in [3.63, 3.8) is 0 Å². The van der Waals surface area contributed by atoms with Gasteiger partial charge in [0, 0.05) is 37.6 Å². The molecule has 172 valence electrons. The first kappa shape index (κ1) is 25.9. The molecule has 0 atom stereocenters. The number of halogens is 4. The van der Waals surface area contributed by atoms with Crippen molar-refractivity contribution in [1.29, 1.82) is 0 Å². The van der Waals surface area contributed by atoms with E-state index in [-0.39, 0.29) is 30.5 Å². The molecule has 0 unspecified atom stereocenters. The van der Waals surface area contributed by atoms with Crippen LogP contribution in [0.15, 0.2) is 34.6 Å². The van der Waals surface area contributed by atoms with Crippen molar-refractivity contribution in [2.45, 2.75) is 52.0 Å². The second kappa shape index (κ2) is 12.0. The number of alkyl halides is 3. The maximum absolute atomic E-state index is 12.7. The summed E-state index contributed by atoms with van der Waals surface area (Å²) in [5.41, 5.74) is 1.76. The van der Waals surface area contributed by atoms with Crippen molar-refractivity contribution in [3.05, 3.63) is 51.5 Å². The Balaban J connectivity index is 0.00000341. The number of nitrogens with zero attached hydrogens (tertiary/aromatic N) is 3. The van der Waals surface area contributed by atoms with E-state index in [4.69, 9.17) is 0 Å². The number of thiazole rings is 1. The van der Waals surface area contributed by atoms with Gasteiger partial charge in [-0.3, -0.25) is 4.90 Å². The summed E-state index contributed by atoms with van der Waals surface area (Å²) < 4.78 is 38.1. The lowest BCUT2D eigenvalue weighted by molar-refractivity contribution is -0.140. The van der Waals surface area contributed by atoms with E-state index in [2.05, 4.69) is 56.7 Å². The van der Waals surface area contributed by atoms with Crippen LogP contribution in [0.4, 0.5) is 13.2 Å². The molecule has 10 heteroatoms. The predicted octanol–water partition coefficient (Wildman–Crippen LogP) is 4.81. The predicted molar refractivity (Wildman–Crippen MR) is 130 cm³/mol. The van der Waals surface area contributed by atoms with Gasteiger partial charge in [-0.15, -0.1) is 35.3 Å². The zero-order chi connectivity index (χ0) is 21.6. The van der Waals surface area contributed by atoms with Crippen LogP contribution in [-0.2, 0) is 19.3 Å². The van der Waals surface area contributed by atoms with Crippen molar-refractivity contribution >= 4 is 41.3 Å². The van der Waals surface area contributed by atoms with Gasteiger partial charge in [0.15, 0.2) is 11.7 Å². The van der Waals surface area contributed by atoms with Gasteiger partial charge in [-0.05, 0) is 32.3 Å². The van der Waals surface area contributed by atoms with Crippen molar-refractivity contribution in [3.8, 4) is 0 Å². The number of hydrogen-bond acceptors (Lipinski definition) is 4. The Morgan fingerprint density at radius 1 is 1.29 bits per heavy atom. The third kappa shape index (κ3) is 8.23. The first-order valence-corrected chi connectivity index (χ1v) is 11.1. The number of hydrogen-bond donors (Lipinski definition) is 2. The Morgan fingerprint density at radius 3 is 2.65 bits per heavy atom. The zero-order valence-electron chi connectivity index (χ0n) is 17.7. The number of benzene rings is 1. The number of piperidine rings is 1. The van der Waals surface area contributed by atoms with Gasteiger partial charge in [-0.25, -0.2) is 9.98 Å². The Labute approximate surface area is 202 Å². The standard InChI is InChI=1S/C21H28F3N5S.HI/c1-3-25-20(26-12-19-28-18(14-30-19)21(22,23)24)27-17-7-9-29(10-8-17)13-16-6-4-5-15(2)11-16;/h4-6,11,14,17H,3,7-10,12-13H2,1-2H3,(H2,25,26,27);1H. The summed E-state index contributed by atoms with van der Waals surface area (Å²) in [6, 6.07) is 8.88. The molecule has 0 bridgehead atoms. The molecule has 2 N–H and O–H groups in total. The molecule has 3 rings (SSSR count). The Hall–Kier alpha value is -1.40. The minimum Gasteiger partial charge on any atom is -0.357 e. The minimum atomic E-state index is -4.41. The Bertz CT molecular complexity index is 848. The molecule has 1 fully saturated rings. The van der Waals surface area contributed by atoms with Crippen LogP contribution in [0.25, 0.3) is 0 Å². The van der Waals surface area contributed by atoms with Gasteiger partial charge in [0.05, 0.1) is 6.54 Å². The Morgan fingerprint density at radius 2 is 2.03 bits per heavy atom. The molecule has 0 radical (unpaired) electrons. The van der Waals surface area contributed by atoms with E-state index in [9.17, 15) is 13.2 Å². The summed E-state index contributed by atoms with van der Waals surface area (Å²) in [5.74, 6) is 0.624. The average molecular weight is 567 g/mol. The highest BCUT2D eigenvalue weighted by Crippen LogP contribution is 2.30. The largest absolute Gasteiger partial charge is 0.434 e. The second-order valence-corrected chi connectivity index (χ2v) is 8.45. The van der Waals surface area contributed by atoms with Crippen LogP contribution < -0.4 is 10.6 Å². The number of aromatic nitrogens is 1. The molecule has 31 heavy (non-hydrogen) atoms. The fraction of sp³-hybridized carbons (Fsp3) is 0.524. The summed E-state index contributed by atoms with van der Waals surface area (Å²) >= 11 is 0.984. The summed E-state index contributed by atoms with van der Waals surface area (Å²) in [6.45, 7) is 7.82. The normalized spacial score (nSPS) is 16.1. The molecule has 0 amide bonds. The molecule has 0 spiro atoms. The van der Waals surface area contributed by atoms with E-state index >= 15 is 0 Å². The lowest BCUT2D eigenvalue weighted by Gasteiger charge is -2.33. The number of guanidine groups is 1. The summed E-state index contributed by atoms with van der Waals surface area (Å²) in [7, 11) is 0. The monoisotopic (exact) mass is 567 g/mol. The first-order chi connectivity index (χ1) is 14.3. The van der Waals surface area contributed by atoms with Gasteiger partial charge in [0.1, 0.15) is 5.01 Å². The minimum absolute atomic E-state index is 0. The number of aliphatic imine (C=N–C) groups is 1. The highest BCUT2D eigenvalue weighted by atomic mass is 127. The Kier molecular flexibility index (Phi) is 10.0. The first-order valence-electron chi connectivity index (χ1n) is 10.2. The third-order valence-electron chi connectivity index (χ3n) is 4.98. The third-order valence-corrected chi connectivity index (χ3v) is 5.81. The van der Waals surface area contributed by atoms with Gasteiger partial charge in [-0.1, -0.05) is 29.8 Å². The van der Waals surface area contributed by atoms with Gasteiger partial charge in [0.25, 0.3) is 0 Å². The van der Waals surface area contributed by atoms with Gasteiger partial charge in [-0.2, -0.15) is 13.2 Å². The molecule has 2 aromatic rings. The number of likely N-dealkylation sites (tertiary alicyclic amines) is 1. The fourth-order valence-corrected chi connectivity index (χ4v) is 4.20. The molecule has 0 saturated carbocycles. The highest BCUT2D eigenvalue weighted by molar-refractivity contribution is 14.0. The maximum atomic E-state index is 12.7. The number of rotatable bonds is 6. The van der Waals surface area contributed by atoms with Crippen molar-refractivity contribution in [2.75, 3.05) is 19.6 Å². The van der Waals surface area contributed by atoms with Gasteiger partial charge in [0.2, 0.25) is 0 Å². The van der Waals surface area contributed by atoms with Crippen LogP contribution in [0.1, 0.15) is 41.6 Å². The molecule has 1 aromatic heterocycles. The lowest BCUT2D eigenvalue weighted by atomic mass is 10.0. The van der Waals surface area contributed by atoms with Crippen molar-refractivity contribution in [1.82, 2.24) is 20.5 Å².